The third-order valence-corrected chi connectivity index (χ3v) is 13.6. The number of amides is 1. The van der Waals surface area contributed by atoms with Crippen LogP contribution in [0.25, 0.3) is 0 Å². The Kier molecular flexibility index (Phi) is 46.8. The summed E-state index contributed by atoms with van der Waals surface area (Å²) in [5, 5.41) is 13.9. The van der Waals surface area contributed by atoms with Gasteiger partial charge in [0.1, 0.15) is 13.2 Å². The fourth-order valence-electron chi connectivity index (χ4n) is 8.17. The average Bonchev–Trinajstić information content (AvgIpc) is 3.26. The maximum Gasteiger partial charge on any atom is 0.472 e. The van der Waals surface area contributed by atoms with Gasteiger partial charge in [-0.1, -0.05) is 237 Å². The summed E-state index contributed by atoms with van der Waals surface area (Å²) in [5.74, 6) is -0.195. The molecule has 0 rings (SSSR count). The Morgan fingerprint density at radius 2 is 0.846 bits per heavy atom. The first-order chi connectivity index (χ1) is 31.5. The average molecular weight is 938 g/mol. The van der Waals surface area contributed by atoms with Gasteiger partial charge in [0.25, 0.3) is 0 Å². The van der Waals surface area contributed by atoms with Crippen LogP contribution in [0.4, 0.5) is 0 Å². The summed E-state index contributed by atoms with van der Waals surface area (Å²) in [6.45, 7) is 4.79. The lowest BCUT2D eigenvalue weighted by molar-refractivity contribution is -0.870. The Morgan fingerprint density at radius 3 is 1.25 bits per heavy atom. The second-order valence-electron chi connectivity index (χ2n) is 20.3. The number of quaternary nitrogens is 1. The van der Waals surface area contributed by atoms with Gasteiger partial charge in [0.2, 0.25) is 5.91 Å². The number of phosphoric acid groups is 1. The van der Waals surface area contributed by atoms with Gasteiger partial charge in [-0.2, -0.15) is 0 Å². The molecular weight excluding hydrogens is 828 g/mol. The van der Waals surface area contributed by atoms with E-state index < -0.39 is 20.0 Å². The van der Waals surface area contributed by atoms with Gasteiger partial charge in [-0.3, -0.25) is 13.8 Å². The lowest BCUT2D eigenvalue weighted by atomic mass is 10.0. The monoisotopic (exact) mass is 938 g/mol. The molecule has 0 aliphatic heterocycles. The molecule has 0 radical (unpaired) electrons. The molecule has 0 aromatic heterocycles. The van der Waals surface area contributed by atoms with Gasteiger partial charge in [-0.25, -0.2) is 4.57 Å². The first-order valence-corrected chi connectivity index (χ1v) is 29.4. The van der Waals surface area contributed by atoms with Crippen molar-refractivity contribution in [1.82, 2.24) is 5.32 Å². The number of aliphatic hydroxyl groups excluding tert-OH is 1. The number of carbonyl (C=O) groups is 1. The van der Waals surface area contributed by atoms with E-state index in [1.54, 1.807) is 6.08 Å². The van der Waals surface area contributed by atoms with Crippen molar-refractivity contribution in [2.75, 3.05) is 40.9 Å². The Bertz CT molecular complexity index is 1150. The van der Waals surface area contributed by atoms with Crippen LogP contribution in [0, 0.1) is 0 Å². The summed E-state index contributed by atoms with van der Waals surface area (Å²) in [7, 11) is 1.55. The van der Waals surface area contributed by atoms with Crippen LogP contribution in [0.2, 0.25) is 0 Å². The number of nitrogens with one attached hydrogen (secondary N) is 1. The number of phosphoric ester groups is 1. The molecule has 3 unspecified atom stereocenters. The van der Waals surface area contributed by atoms with E-state index in [9.17, 15) is 19.4 Å². The van der Waals surface area contributed by atoms with E-state index in [2.05, 4.69) is 43.5 Å². The first kappa shape index (κ1) is 63.7. The zero-order valence-electron chi connectivity index (χ0n) is 43.7. The van der Waals surface area contributed by atoms with Gasteiger partial charge in [0.05, 0.1) is 39.9 Å². The van der Waals surface area contributed by atoms with Crippen molar-refractivity contribution < 1.29 is 32.9 Å². The number of likely N-dealkylation sites (N-methyl/N-ethyl adjacent to an activating group) is 1. The molecule has 1 amide bonds. The largest absolute Gasteiger partial charge is 0.472 e. The zero-order chi connectivity index (χ0) is 47.8. The number of hydrogen-bond acceptors (Lipinski definition) is 5. The Hall–Kier alpha value is -1.28. The van der Waals surface area contributed by atoms with Crippen LogP contribution < -0.4 is 5.32 Å². The molecular formula is C56H110N2O6P+. The third-order valence-electron chi connectivity index (χ3n) is 12.6. The quantitative estimate of drug-likeness (QED) is 0.0243. The molecule has 0 aromatic carbocycles. The molecule has 0 spiro atoms. The lowest BCUT2D eigenvalue weighted by Crippen LogP contribution is -2.45. The van der Waals surface area contributed by atoms with Gasteiger partial charge in [-0.05, 0) is 57.8 Å². The Morgan fingerprint density at radius 1 is 0.508 bits per heavy atom. The van der Waals surface area contributed by atoms with Crippen LogP contribution in [-0.2, 0) is 18.4 Å². The molecule has 8 nitrogen and oxygen atoms in total. The summed E-state index contributed by atoms with van der Waals surface area (Å²) in [4.78, 5) is 23.2. The maximum absolute atomic E-state index is 12.9. The van der Waals surface area contributed by atoms with Crippen LogP contribution in [-0.4, -0.2) is 73.4 Å². The van der Waals surface area contributed by atoms with Gasteiger partial charge in [-0.15, -0.1) is 0 Å². The molecule has 0 aliphatic carbocycles. The highest BCUT2D eigenvalue weighted by molar-refractivity contribution is 7.47. The second kappa shape index (κ2) is 47.8. The highest BCUT2D eigenvalue weighted by Gasteiger charge is 2.27. The number of rotatable bonds is 51. The summed E-state index contributed by atoms with van der Waals surface area (Å²) < 4.78 is 23.6. The summed E-state index contributed by atoms with van der Waals surface area (Å²) in [6, 6.07) is -0.866. The summed E-state index contributed by atoms with van der Waals surface area (Å²) >= 11 is 0. The number of carbonyl (C=O) groups excluding carboxylic acids is 1. The van der Waals surface area contributed by atoms with E-state index in [1.807, 2.05) is 27.2 Å². The predicted octanol–water partition coefficient (Wildman–Crippen LogP) is 16.6. The number of aliphatic hydroxyl groups is 1. The minimum atomic E-state index is -4.35. The standard InChI is InChI=1S/C56H109N2O6P/c1-6-8-10-12-14-16-18-20-21-22-23-24-25-26-27-28-29-30-31-32-33-34-35-36-38-39-41-43-45-47-49-55(59)54(53-64-65(61,62)63-52-51-58(3,4)5)57-56(60)50-48-46-44-42-40-37-19-17-15-13-11-9-7-2/h17,19,39,41,47,49,54-55,59H,6-16,18,20-38,40,42-46,48,50-53H2,1-5H3,(H-,57,60,61,62)/p+1/b19-17-,41-39+,49-47+. The van der Waals surface area contributed by atoms with E-state index in [0.717, 1.165) is 51.4 Å². The molecule has 0 bridgehead atoms. The normalized spacial score (nSPS) is 14.3. The van der Waals surface area contributed by atoms with Crippen LogP contribution in [0.1, 0.15) is 264 Å². The van der Waals surface area contributed by atoms with Gasteiger partial charge in [0.15, 0.2) is 0 Å². The van der Waals surface area contributed by atoms with Crippen molar-refractivity contribution in [3.05, 3.63) is 36.5 Å². The van der Waals surface area contributed by atoms with Crippen LogP contribution in [0.15, 0.2) is 36.5 Å². The molecule has 384 valence electrons. The van der Waals surface area contributed by atoms with Crippen molar-refractivity contribution >= 4 is 13.7 Å². The smallest absolute Gasteiger partial charge is 0.387 e. The topological polar surface area (TPSA) is 105 Å². The molecule has 3 N–H and O–H groups in total. The van der Waals surface area contributed by atoms with Gasteiger partial charge >= 0.3 is 7.82 Å². The molecule has 0 saturated heterocycles. The molecule has 9 heteroatoms. The van der Waals surface area contributed by atoms with Crippen molar-refractivity contribution in [2.45, 2.75) is 276 Å². The van der Waals surface area contributed by atoms with Crippen molar-refractivity contribution in [3.63, 3.8) is 0 Å². The molecule has 65 heavy (non-hydrogen) atoms. The molecule has 0 fully saturated rings. The SMILES string of the molecule is CCCCCC/C=C\CCCCCCCC(=O)NC(COP(=O)(O)OCC[N+](C)(C)C)C(O)/C=C/CC/C=C/CCCCCCCCCCCCCCCCCCCCCCCCCC. The maximum atomic E-state index is 12.9. The predicted molar refractivity (Wildman–Crippen MR) is 281 cm³/mol. The third kappa shape index (κ3) is 50.4. The van der Waals surface area contributed by atoms with E-state index in [4.69, 9.17) is 9.05 Å². The Balaban J connectivity index is 4.15. The van der Waals surface area contributed by atoms with E-state index >= 15 is 0 Å². The minimum absolute atomic E-state index is 0.0548. The van der Waals surface area contributed by atoms with Crippen LogP contribution in [0.3, 0.4) is 0 Å². The Labute approximate surface area is 404 Å². The fourth-order valence-corrected chi connectivity index (χ4v) is 8.91. The highest BCUT2D eigenvalue weighted by Crippen LogP contribution is 2.43. The van der Waals surface area contributed by atoms with Crippen molar-refractivity contribution in [1.29, 1.82) is 0 Å². The number of unbranched alkanes of at least 4 members (excludes halogenated alkanes) is 34. The minimum Gasteiger partial charge on any atom is -0.387 e. The molecule has 0 saturated carbocycles. The van der Waals surface area contributed by atoms with Crippen LogP contribution in [0.5, 0.6) is 0 Å². The highest BCUT2D eigenvalue weighted by atomic mass is 31.2. The lowest BCUT2D eigenvalue weighted by Gasteiger charge is -2.25. The fraction of sp³-hybridized carbons (Fsp3) is 0.875. The molecule has 0 aromatic rings. The molecule has 0 aliphatic rings. The summed E-state index contributed by atoms with van der Waals surface area (Å²) in [5.41, 5.74) is 0. The van der Waals surface area contributed by atoms with E-state index in [1.165, 1.54) is 193 Å². The van der Waals surface area contributed by atoms with E-state index in [-0.39, 0.29) is 19.1 Å². The second-order valence-corrected chi connectivity index (χ2v) is 21.8. The molecule has 0 heterocycles. The van der Waals surface area contributed by atoms with Crippen LogP contribution >= 0.6 is 7.82 Å². The van der Waals surface area contributed by atoms with Crippen molar-refractivity contribution in [2.24, 2.45) is 0 Å². The number of hydrogen-bond donors (Lipinski definition) is 3. The number of nitrogens with zero attached hydrogens (tertiary/aromatic N) is 1. The summed E-state index contributed by atoms with van der Waals surface area (Å²) in [6.07, 6.45) is 61.2. The van der Waals surface area contributed by atoms with Crippen molar-refractivity contribution in [3.8, 4) is 0 Å². The number of allylic oxidation sites excluding steroid dienone is 5. The zero-order valence-corrected chi connectivity index (χ0v) is 44.6. The molecule has 3 atom stereocenters. The van der Waals surface area contributed by atoms with E-state index in [0.29, 0.717) is 17.4 Å². The van der Waals surface area contributed by atoms with Gasteiger partial charge < -0.3 is 19.8 Å². The van der Waals surface area contributed by atoms with Gasteiger partial charge in [0, 0.05) is 6.42 Å². The first-order valence-electron chi connectivity index (χ1n) is 27.9.